The maximum atomic E-state index is 12.6. The zero-order valence-corrected chi connectivity index (χ0v) is 17.4. The van der Waals surface area contributed by atoms with Crippen LogP contribution in [0.1, 0.15) is 41.3 Å². The molecular formula is C23H30N4O2. The fourth-order valence-electron chi connectivity index (χ4n) is 3.37. The average Bonchev–Trinajstić information content (AvgIpc) is 2.75. The Morgan fingerprint density at radius 2 is 1.76 bits per heavy atom. The molecule has 2 amide bonds. The van der Waals surface area contributed by atoms with Crippen LogP contribution in [0.5, 0.6) is 0 Å². The van der Waals surface area contributed by atoms with Crippen LogP contribution in [-0.4, -0.2) is 54.4 Å². The molecule has 0 unspecified atom stereocenters. The number of nitrogens with one attached hydrogen (secondary N) is 1. The first kappa shape index (κ1) is 20.8. The second-order valence-electron chi connectivity index (χ2n) is 7.54. The summed E-state index contributed by atoms with van der Waals surface area (Å²) in [6.07, 6.45) is 4.10. The van der Waals surface area contributed by atoms with E-state index in [1.165, 1.54) is 5.56 Å². The predicted octanol–water partition coefficient (Wildman–Crippen LogP) is 2.81. The molecule has 1 fully saturated rings. The summed E-state index contributed by atoms with van der Waals surface area (Å²) in [4.78, 5) is 33.2. The topological polar surface area (TPSA) is 65.5 Å². The number of piperazine rings is 1. The Kier molecular flexibility index (Phi) is 7.22. The number of amides is 2. The Morgan fingerprint density at radius 1 is 1.03 bits per heavy atom. The maximum absolute atomic E-state index is 12.6. The summed E-state index contributed by atoms with van der Waals surface area (Å²) in [5.41, 5.74) is 2.83. The third kappa shape index (κ3) is 5.79. The van der Waals surface area contributed by atoms with Crippen molar-refractivity contribution in [2.45, 2.75) is 33.1 Å². The SMILES string of the molecule is CCCCNC(=O)c1ccc(N2CCN(C(=O)Cc3ccc(C)cc3)CC2)nc1. The normalized spacial score (nSPS) is 14.0. The van der Waals surface area contributed by atoms with Crippen LogP contribution in [0.2, 0.25) is 0 Å². The minimum atomic E-state index is -0.0796. The summed E-state index contributed by atoms with van der Waals surface area (Å²) in [6, 6.07) is 11.8. The highest BCUT2D eigenvalue weighted by atomic mass is 16.2. The van der Waals surface area contributed by atoms with Crippen LogP contribution in [0.25, 0.3) is 0 Å². The fourth-order valence-corrected chi connectivity index (χ4v) is 3.37. The number of benzene rings is 1. The van der Waals surface area contributed by atoms with E-state index in [0.717, 1.165) is 37.3 Å². The Labute approximate surface area is 172 Å². The molecular weight excluding hydrogens is 364 g/mol. The molecule has 154 valence electrons. The first-order valence-corrected chi connectivity index (χ1v) is 10.4. The van der Waals surface area contributed by atoms with Crippen LogP contribution in [0.3, 0.4) is 0 Å². The molecule has 0 aliphatic carbocycles. The first-order valence-electron chi connectivity index (χ1n) is 10.4. The van der Waals surface area contributed by atoms with Crippen LogP contribution < -0.4 is 10.2 Å². The first-order chi connectivity index (χ1) is 14.1. The van der Waals surface area contributed by atoms with Crippen LogP contribution in [0.4, 0.5) is 5.82 Å². The Morgan fingerprint density at radius 3 is 2.38 bits per heavy atom. The Hall–Kier alpha value is -2.89. The van der Waals surface area contributed by atoms with Crippen molar-refractivity contribution in [1.82, 2.24) is 15.2 Å². The lowest BCUT2D eigenvalue weighted by atomic mass is 10.1. The van der Waals surface area contributed by atoms with Gasteiger partial charge in [0, 0.05) is 38.9 Å². The minimum Gasteiger partial charge on any atom is -0.353 e. The van der Waals surface area contributed by atoms with E-state index in [1.54, 1.807) is 6.20 Å². The number of hydrogen-bond donors (Lipinski definition) is 1. The van der Waals surface area contributed by atoms with Gasteiger partial charge in [-0.3, -0.25) is 9.59 Å². The molecule has 1 aliphatic heterocycles. The third-order valence-corrected chi connectivity index (χ3v) is 5.26. The van der Waals surface area contributed by atoms with Gasteiger partial charge in [0.05, 0.1) is 12.0 Å². The molecule has 29 heavy (non-hydrogen) atoms. The fraction of sp³-hybridized carbons (Fsp3) is 0.435. The molecule has 2 heterocycles. The molecule has 0 bridgehead atoms. The Balaban J connectivity index is 1.49. The molecule has 1 saturated heterocycles. The van der Waals surface area contributed by atoms with Gasteiger partial charge in [0.2, 0.25) is 5.91 Å². The highest BCUT2D eigenvalue weighted by molar-refractivity contribution is 5.94. The highest BCUT2D eigenvalue weighted by Crippen LogP contribution is 2.15. The number of unbranched alkanes of at least 4 members (excludes halogenated alkanes) is 1. The van der Waals surface area contributed by atoms with E-state index in [4.69, 9.17) is 0 Å². The molecule has 1 aliphatic rings. The van der Waals surface area contributed by atoms with Gasteiger partial charge in [0.1, 0.15) is 5.82 Å². The number of aryl methyl sites for hydroxylation is 1. The molecule has 0 saturated carbocycles. The van der Waals surface area contributed by atoms with Gasteiger partial charge in [-0.25, -0.2) is 4.98 Å². The van der Waals surface area contributed by atoms with Crippen LogP contribution in [0, 0.1) is 6.92 Å². The molecule has 6 nitrogen and oxygen atoms in total. The summed E-state index contributed by atoms with van der Waals surface area (Å²) >= 11 is 0. The number of rotatable bonds is 7. The van der Waals surface area contributed by atoms with E-state index < -0.39 is 0 Å². The predicted molar refractivity (Wildman–Crippen MR) is 115 cm³/mol. The van der Waals surface area contributed by atoms with Crippen molar-refractivity contribution >= 4 is 17.6 Å². The second-order valence-corrected chi connectivity index (χ2v) is 7.54. The molecule has 2 aromatic rings. The minimum absolute atomic E-state index is 0.0796. The van der Waals surface area contributed by atoms with E-state index in [1.807, 2.05) is 48.2 Å². The zero-order chi connectivity index (χ0) is 20.6. The van der Waals surface area contributed by atoms with Gasteiger partial charge < -0.3 is 15.1 Å². The number of hydrogen-bond acceptors (Lipinski definition) is 4. The van der Waals surface area contributed by atoms with E-state index in [-0.39, 0.29) is 11.8 Å². The standard InChI is InChI=1S/C23H30N4O2/c1-3-4-11-24-23(29)20-9-10-21(25-17-20)26-12-14-27(15-13-26)22(28)16-19-7-5-18(2)6-8-19/h5-10,17H,3-4,11-16H2,1-2H3,(H,24,29). The lowest BCUT2D eigenvalue weighted by Gasteiger charge is -2.35. The number of carbonyl (C=O) groups excluding carboxylic acids is 2. The van der Waals surface area contributed by atoms with Gasteiger partial charge in [-0.2, -0.15) is 0 Å². The molecule has 3 rings (SSSR count). The second kappa shape index (κ2) is 10.0. The van der Waals surface area contributed by atoms with Crippen molar-refractivity contribution < 1.29 is 9.59 Å². The molecule has 1 N–H and O–H groups in total. The summed E-state index contributed by atoms with van der Waals surface area (Å²) < 4.78 is 0. The molecule has 6 heteroatoms. The van der Waals surface area contributed by atoms with Gasteiger partial charge in [-0.1, -0.05) is 43.2 Å². The van der Waals surface area contributed by atoms with Crippen LogP contribution >= 0.6 is 0 Å². The Bertz CT molecular complexity index is 810. The molecule has 1 aromatic heterocycles. The summed E-state index contributed by atoms with van der Waals surface area (Å²) in [5.74, 6) is 0.935. The van der Waals surface area contributed by atoms with E-state index in [2.05, 4.69) is 22.1 Å². The van der Waals surface area contributed by atoms with Crippen LogP contribution in [-0.2, 0) is 11.2 Å². The number of nitrogens with zero attached hydrogens (tertiary/aromatic N) is 3. The lowest BCUT2D eigenvalue weighted by molar-refractivity contribution is -0.130. The van der Waals surface area contributed by atoms with Crippen molar-refractivity contribution in [3.05, 3.63) is 59.3 Å². The van der Waals surface area contributed by atoms with Crippen molar-refractivity contribution in [2.24, 2.45) is 0 Å². The summed E-state index contributed by atoms with van der Waals surface area (Å²) in [5, 5.41) is 2.90. The van der Waals surface area contributed by atoms with Crippen molar-refractivity contribution in [3.63, 3.8) is 0 Å². The average molecular weight is 395 g/mol. The van der Waals surface area contributed by atoms with Crippen molar-refractivity contribution in [2.75, 3.05) is 37.6 Å². The lowest BCUT2D eigenvalue weighted by Crippen LogP contribution is -2.49. The zero-order valence-electron chi connectivity index (χ0n) is 17.4. The van der Waals surface area contributed by atoms with Gasteiger partial charge in [0.15, 0.2) is 0 Å². The summed E-state index contributed by atoms with van der Waals surface area (Å²) in [6.45, 7) is 7.69. The number of carbonyl (C=O) groups is 2. The quantitative estimate of drug-likeness (QED) is 0.734. The molecule has 0 radical (unpaired) electrons. The van der Waals surface area contributed by atoms with Crippen molar-refractivity contribution in [1.29, 1.82) is 0 Å². The van der Waals surface area contributed by atoms with Gasteiger partial charge in [-0.15, -0.1) is 0 Å². The van der Waals surface area contributed by atoms with Gasteiger partial charge >= 0.3 is 0 Å². The largest absolute Gasteiger partial charge is 0.353 e. The van der Waals surface area contributed by atoms with Crippen LogP contribution in [0.15, 0.2) is 42.6 Å². The number of aromatic nitrogens is 1. The highest BCUT2D eigenvalue weighted by Gasteiger charge is 2.22. The van der Waals surface area contributed by atoms with Crippen molar-refractivity contribution in [3.8, 4) is 0 Å². The third-order valence-electron chi connectivity index (χ3n) is 5.26. The molecule has 0 spiro atoms. The monoisotopic (exact) mass is 394 g/mol. The maximum Gasteiger partial charge on any atom is 0.252 e. The number of anilines is 1. The molecule has 0 atom stereocenters. The number of pyridine rings is 1. The van der Waals surface area contributed by atoms with E-state index >= 15 is 0 Å². The van der Waals surface area contributed by atoms with E-state index in [9.17, 15) is 9.59 Å². The van der Waals surface area contributed by atoms with Gasteiger partial charge in [0.25, 0.3) is 5.91 Å². The van der Waals surface area contributed by atoms with Gasteiger partial charge in [-0.05, 0) is 31.0 Å². The summed E-state index contributed by atoms with van der Waals surface area (Å²) in [7, 11) is 0. The van der Waals surface area contributed by atoms with E-state index in [0.29, 0.717) is 31.6 Å². The smallest absolute Gasteiger partial charge is 0.252 e. The molecule has 1 aromatic carbocycles.